The van der Waals surface area contributed by atoms with Crippen LogP contribution in [-0.2, 0) is 19.0 Å². The number of carboxylic acids is 1. The first kappa shape index (κ1) is 22.1. The monoisotopic (exact) mass is 385 g/mol. The molecule has 0 aromatic rings. The van der Waals surface area contributed by atoms with Gasteiger partial charge in [0, 0.05) is 17.3 Å². The average Bonchev–Trinajstić information content (AvgIpc) is 2.56. The first-order valence-electron chi connectivity index (χ1n) is 9.48. The van der Waals surface area contributed by atoms with Crippen LogP contribution in [0.1, 0.15) is 48.5 Å². The van der Waals surface area contributed by atoms with Gasteiger partial charge in [-0.15, -0.1) is 0 Å². The number of aliphatic carboxylic acids is 1. The fraction of sp³-hybridized carbons (Fsp3) is 0.850. The molecular weight excluding hydrogens is 352 g/mol. The van der Waals surface area contributed by atoms with Crippen LogP contribution in [0.5, 0.6) is 0 Å². The Bertz CT molecular complexity index is 601. The Morgan fingerprint density at radius 3 is 2.30 bits per heavy atom. The highest BCUT2D eigenvalue weighted by Gasteiger charge is 2.53. The Morgan fingerprint density at radius 2 is 1.74 bits per heavy atom. The van der Waals surface area contributed by atoms with Crippen LogP contribution >= 0.6 is 0 Å². The summed E-state index contributed by atoms with van der Waals surface area (Å²) in [5.41, 5.74) is -2.10. The van der Waals surface area contributed by atoms with E-state index in [9.17, 15) is 20.1 Å². The smallest absolute Gasteiger partial charge is 0.141 e. The molecule has 7 atom stereocenters. The Balaban J connectivity index is 2.08. The van der Waals surface area contributed by atoms with E-state index >= 15 is 0 Å². The zero-order chi connectivity index (χ0) is 20.8. The van der Waals surface area contributed by atoms with E-state index in [1.54, 1.807) is 13.8 Å². The summed E-state index contributed by atoms with van der Waals surface area (Å²) in [7, 11) is 0. The maximum absolute atomic E-state index is 11.1. The molecule has 2 heterocycles. The first-order chi connectivity index (χ1) is 12.2. The summed E-state index contributed by atoms with van der Waals surface area (Å²) < 4.78 is 17.6. The molecular formula is C20H33O7-. The Hall–Kier alpha value is -1.15. The third-order valence-corrected chi connectivity index (χ3v) is 6.80. The molecule has 2 aliphatic rings. The molecule has 7 nitrogen and oxygen atoms in total. The van der Waals surface area contributed by atoms with Crippen molar-refractivity contribution < 1.29 is 34.3 Å². The van der Waals surface area contributed by atoms with E-state index in [1.807, 2.05) is 34.6 Å². The van der Waals surface area contributed by atoms with Crippen molar-refractivity contribution in [2.75, 3.05) is 13.2 Å². The van der Waals surface area contributed by atoms with E-state index < -0.39 is 34.8 Å². The minimum absolute atomic E-state index is 0.0582. The van der Waals surface area contributed by atoms with E-state index in [-0.39, 0.29) is 36.9 Å². The van der Waals surface area contributed by atoms with Crippen molar-refractivity contribution in [3.05, 3.63) is 11.8 Å². The lowest BCUT2D eigenvalue weighted by atomic mass is 9.68. The standard InChI is InChI=1S/C20H34O7/c1-11-14(21)8-15(17(23)24)27-20(11,7)10-25-9-19(6)13(3)26-18(4,5)12(2)16(19)22/h8,11-14,16,21-22H,9-10H2,1-7H3,(H,23,24)/p-1/t11?,12?,13?,14-,16+,19+,20+/m0/s1. The second-order valence-electron chi connectivity index (χ2n) is 9.11. The maximum atomic E-state index is 11.1. The van der Waals surface area contributed by atoms with Crippen LogP contribution in [0.15, 0.2) is 11.8 Å². The van der Waals surface area contributed by atoms with Crippen LogP contribution in [0.25, 0.3) is 0 Å². The molecule has 2 N–H and O–H groups in total. The van der Waals surface area contributed by atoms with Gasteiger partial charge < -0.3 is 34.3 Å². The number of hydrogen-bond donors (Lipinski definition) is 2. The number of carboxylic acid groups (broad SMARTS) is 1. The van der Waals surface area contributed by atoms with Crippen molar-refractivity contribution in [2.45, 2.75) is 78.0 Å². The normalized spacial score (nSPS) is 44.3. The fourth-order valence-electron chi connectivity index (χ4n) is 3.88. The third kappa shape index (κ3) is 4.01. The topological polar surface area (TPSA) is 108 Å². The summed E-state index contributed by atoms with van der Waals surface area (Å²) in [6, 6.07) is 0. The molecule has 1 saturated heterocycles. The van der Waals surface area contributed by atoms with Gasteiger partial charge in [-0.05, 0) is 33.8 Å². The third-order valence-electron chi connectivity index (χ3n) is 6.80. The van der Waals surface area contributed by atoms with Crippen molar-refractivity contribution in [3.8, 4) is 0 Å². The molecule has 156 valence electrons. The molecule has 1 fully saturated rings. The van der Waals surface area contributed by atoms with E-state index in [0.717, 1.165) is 6.08 Å². The summed E-state index contributed by atoms with van der Waals surface area (Å²) in [4.78, 5) is 11.1. The average molecular weight is 385 g/mol. The van der Waals surface area contributed by atoms with Gasteiger partial charge in [-0.3, -0.25) is 0 Å². The lowest BCUT2D eigenvalue weighted by molar-refractivity contribution is -0.307. The van der Waals surface area contributed by atoms with Crippen molar-refractivity contribution in [1.29, 1.82) is 0 Å². The highest BCUT2D eigenvalue weighted by atomic mass is 16.6. The summed E-state index contributed by atoms with van der Waals surface area (Å²) in [6.07, 6.45) is -0.689. The van der Waals surface area contributed by atoms with Crippen molar-refractivity contribution in [2.24, 2.45) is 17.3 Å². The number of carbonyl (C=O) groups is 1. The van der Waals surface area contributed by atoms with Crippen molar-refractivity contribution in [3.63, 3.8) is 0 Å². The molecule has 0 bridgehead atoms. The number of aliphatic hydroxyl groups excluding tert-OH is 2. The van der Waals surface area contributed by atoms with Crippen LogP contribution in [0, 0.1) is 17.3 Å². The molecule has 0 radical (unpaired) electrons. The van der Waals surface area contributed by atoms with E-state index in [2.05, 4.69) is 0 Å². The number of hydrogen-bond acceptors (Lipinski definition) is 7. The quantitative estimate of drug-likeness (QED) is 0.714. The lowest BCUT2D eigenvalue weighted by Crippen LogP contribution is -2.61. The minimum Gasteiger partial charge on any atom is -0.542 e. The SMILES string of the molecule is CC1[C@@H](O)[C@](C)(COC[C@@]2(C)OC(C(=O)[O-])=C[C@H](O)C2C)C(C)OC1(C)C. The Labute approximate surface area is 161 Å². The molecule has 0 aromatic heterocycles. The van der Waals surface area contributed by atoms with Crippen LogP contribution in [0.4, 0.5) is 0 Å². The lowest BCUT2D eigenvalue weighted by Gasteiger charge is -2.53. The van der Waals surface area contributed by atoms with Gasteiger partial charge in [0.25, 0.3) is 0 Å². The van der Waals surface area contributed by atoms with Gasteiger partial charge in [0.2, 0.25) is 0 Å². The van der Waals surface area contributed by atoms with Gasteiger partial charge in [-0.25, -0.2) is 0 Å². The zero-order valence-corrected chi connectivity index (χ0v) is 17.3. The molecule has 27 heavy (non-hydrogen) atoms. The molecule has 0 spiro atoms. The summed E-state index contributed by atoms with van der Waals surface area (Å²) >= 11 is 0. The highest BCUT2D eigenvalue weighted by molar-refractivity contribution is 5.82. The first-order valence-corrected chi connectivity index (χ1v) is 9.48. The highest BCUT2D eigenvalue weighted by Crippen LogP contribution is 2.45. The van der Waals surface area contributed by atoms with Gasteiger partial charge in [-0.2, -0.15) is 0 Å². The van der Waals surface area contributed by atoms with Crippen LogP contribution in [0.3, 0.4) is 0 Å². The zero-order valence-electron chi connectivity index (χ0n) is 17.3. The summed E-state index contributed by atoms with van der Waals surface area (Å²) in [5, 5.41) is 32.2. The largest absolute Gasteiger partial charge is 0.542 e. The summed E-state index contributed by atoms with van der Waals surface area (Å²) in [6.45, 7) is 13.5. The van der Waals surface area contributed by atoms with Gasteiger partial charge >= 0.3 is 0 Å². The van der Waals surface area contributed by atoms with Crippen LogP contribution in [-0.4, -0.2) is 58.9 Å². The number of ether oxygens (including phenoxy) is 3. The molecule has 0 aliphatic carbocycles. The van der Waals surface area contributed by atoms with E-state index in [0.29, 0.717) is 0 Å². The van der Waals surface area contributed by atoms with Gasteiger partial charge in [-0.1, -0.05) is 20.8 Å². The molecule has 0 saturated carbocycles. The van der Waals surface area contributed by atoms with Crippen molar-refractivity contribution in [1.82, 2.24) is 0 Å². The number of rotatable bonds is 5. The number of carbonyl (C=O) groups excluding carboxylic acids is 1. The Morgan fingerprint density at radius 1 is 1.15 bits per heavy atom. The predicted molar refractivity (Wildman–Crippen MR) is 96.5 cm³/mol. The molecule has 0 aromatic carbocycles. The van der Waals surface area contributed by atoms with Gasteiger partial charge in [0.05, 0.1) is 37.1 Å². The molecule has 3 unspecified atom stereocenters. The Kier molecular flexibility index (Phi) is 6.03. The number of aliphatic hydroxyl groups is 2. The van der Waals surface area contributed by atoms with E-state index in [4.69, 9.17) is 14.2 Å². The molecule has 0 amide bonds. The van der Waals surface area contributed by atoms with Gasteiger partial charge in [0.1, 0.15) is 17.3 Å². The van der Waals surface area contributed by atoms with E-state index in [1.165, 1.54) is 0 Å². The maximum Gasteiger partial charge on any atom is 0.141 e. The summed E-state index contributed by atoms with van der Waals surface area (Å²) in [5.74, 6) is -2.32. The van der Waals surface area contributed by atoms with Gasteiger partial charge in [0.15, 0.2) is 0 Å². The predicted octanol–water partition coefficient (Wildman–Crippen LogP) is 0.623. The van der Waals surface area contributed by atoms with Crippen LogP contribution < -0.4 is 5.11 Å². The van der Waals surface area contributed by atoms with Crippen molar-refractivity contribution >= 4 is 5.97 Å². The second kappa shape index (κ2) is 7.35. The second-order valence-corrected chi connectivity index (χ2v) is 9.11. The molecule has 2 rings (SSSR count). The fourth-order valence-corrected chi connectivity index (χ4v) is 3.88. The molecule has 2 aliphatic heterocycles. The molecule has 7 heteroatoms. The van der Waals surface area contributed by atoms with Crippen LogP contribution in [0.2, 0.25) is 0 Å². The minimum atomic E-state index is -1.47.